The number of unbranched alkanes of at least 4 members (excludes halogenated alkanes) is 1. The van der Waals surface area contributed by atoms with Crippen LogP contribution in [0.3, 0.4) is 0 Å². The van der Waals surface area contributed by atoms with E-state index in [1.807, 2.05) is 13.8 Å². The van der Waals surface area contributed by atoms with Crippen molar-refractivity contribution in [1.29, 1.82) is 0 Å². The van der Waals surface area contributed by atoms with Gasteiger partial charge in [0.15, 0.2) is 6.29 Å². The average molecular weight is 131 g/mol. The van der Waals surface area contributed by atoms with Gasteiger partial charge in [-0.1, -0.05) is 6.92 Å². The van der Waals surface area contributed by atoms with Crippen LogP contribution in [0.15, 0.2) is 0 Å². The zero-order valence-corrected chi connectivity index (χ0v) is 6.39. The van der Waals surface area contributed by atoms with Crippen LogP contribution in [0.1, 0.15) is 20.3 Å². The van der Waals surface area contributed by atoms with Crippen molar-refractivity contribution in [2.45, 2.75) is 26.6 Å². The topological polar surface area (TPSA) is 18.5 Å². The fourth-order valence-corrected chi connectivity index (χ4v) is 0.420. The first kappa shape index (κ1) is 8.92. The van der Waals surface area contributed by atoms with Crippen molar-refractivity contribution in [1.82, 2.24) is 0 Å². The van der Waals surface area contributed by atoms with Crippen LogP contribution in [0.25, 0.3) is 0 Å². The van der Waals surface area contributed by atoms with E-state index in [1.54, 1.807) is 7.11 Å². The molecule has 0 saturated carbocycles. The molecule has 0 spiro atoms. The highest BCUT2D eigenvalue weighted by Gasteiger charge is 1.95. The zero-order chi connectivity index (χ0) is 7.11. The SMILES string of the molecule is C[CH]CCOC(C)OC. The summed E-state index contributed by atoms with van der Waals surface area (Å²) >= 11 is 0. The summed E-state index contributed by atoms with van der Waals surface area (Å²) in [6.07, 6.45) is 3.00. The Labute approximate surface area is 57.2 Å². The van der Waals surface area contributed by atoms with Crippen LogP contribution in [0.4, 0.5) is 0 Å². The highest BCUT2D eigenvalue weighted by molar-refractivity contribution is 4.52. The first-order valence-electron chi connectivity index (χ1n) is 3.23. The van der Waals surface area contributed by atoms with E-state index in [1.165, 1.54) is 0 Å². The van der Waals surface area contributed by atoms with Gasteiger partial charge in [0, 0.05) is 13.7 Å². The van der Waals surface area contributed by atoms with Gasteiger partial charge >= 0.3 is 0 Å². The lowest BCUT2D eigenvalue weighted by Gasteiger charge is -2.09. The molecule has 0 heterocycles. The molecule has 1 radical (unpaired) electrons. The monoisotopic (exact) mass is 131 g/mol. The van der Waals surface area contributed by atoms with Crippen molar-refractivity contribution >= 4 is 0 Å². The van der Waals surface area contributed by atoms with E-state index in [-0.39, 0.29) is 6.29 Å². The minimum atomic E-state index is -0.0649. The first-order chi connectivity index (χ1) is 4.31. The Morgan fingerprint density at radius 2 is 2.22 bits per heavy atom. The van der Waals surface area contributed by atoms with Crippen LogP contribution < -0.4 is 0 Å². The Bertz CT molecular complexity index is 54.9. The first-order valence-corrected chi connectivity index (χ1v) is 3.23. The van der Waals surface area contributed by atoms with Gasteiger partial charge in [0.05, 0.1) is 0 Å². The van der Waals surface area contributed by atoms with Crippen molar-refractivity contribution in [3.05, 3.63) is 6.42 Å². The highest BCUT2D eigenvalue weighted by atomic mass is 16.7. The van der Waals surface area contributed by atoms with Crippen LogP contribution in [0.2, 0.25) is 0 Å². The molecular weight excluding hydrogens is 116 g/mol. The second kappa shape index (κ2) is 6.05. The van der Waals surface area contributed by atoms with E-state index < -0.39 is 0 Å². The fraction of sp³-hybridized carbons (Fsp3) is 0.857. The van der Waals surface area contributed by atoms with E-state index in [0.29, 0.717) is 0 Å². The summed E-state index contributed by atoms with van der Waals surface area (Å²) in [6.45, 7) is 4.65. The number of hydrogen-bond donors (Lipinski definition) is 0. The second-order valence-corrected chi connectivity index (χ2v) is 1.87. The Balaban J connectivity index is 2.88. The van der Waals surface area contributed by atoms with E-state index in [2.05, 4.69) is 6.42 Å². The van der Waals surface area contributed by atoms with Gasteiger partial charge in [0.25, 0.3) is 0 Å². The van der Waals surface area contributed by atoms with Crippen molar-refractivity contribution < 1.29 is 9.47 Å². The summed E-state index contributed by atoms with van der Waals surface area (Å²) in [6, 6.07) is 0. The lowest BCUT2D eigenvalue weighted by molar-refractivity contribution is -0.109. The Hall–Kier alpha value is -0.0800. The molecule has 55 valence electrons. The minimum absolute atomic E-state index is 0.0649. The normalized spacial score (nSPS) is 13.7. The van der Waals surface area contributed by atoms with Gasteiger partial charge in [-0.3, -0.25) is 0 Å². The van der Waals surface area contributed by atoms with E-state index >= 15 is 0 Å². The minimum Gasteiger partial charge on any atom is -0.356 e. The number of hydrogen-bond acceptors (Lipinski definition) is 2. The smallest absolute Gasteiger partial charge is 0.154 e. The molecular formula is C7H15O2. The summed E-state index contributed by atoms with van der Waals surface area (Å²) in [5, 5.41) is 0. The number of methoxy groups -OCH3 is 1. The van der Waals surface area contributed by atoms with Gasteiger partial charge in [-0.2, -0.15) is 0 Å². The molecule has 0 aromatic carbocycles. The Kier molecular flexibility index (Phi) is 5.99. The third kappa shape index (κ3) is 5.80. The second-order valence-electron chi connectivity index (χ2n) is 1.87. The van der Waals surface area contributed by atoms with Gasteiger partial charge in [-0.05, 0) is 19.8 Å². The number of rotatable bonds is 5. The average Bonchev–Trinajstić information content (AvgIpc) is 1.89. The van der Waals surface area contributed by atoms with E-state index in [4.69, 9.17) is 9.47 Å². The molecule has 0 amide bonds. The largest absolute Gasteiger partial charge is 0.356 e. The predicted molar refractivity (Wildman–Crippen MR) is 37.0 cm³/mol. The quantitative estimate of drug-likeness (QED) is 0.417. The van der Waals surface area contributed by atoms with Gasteiger partial charge in [0.1, 0.15) is 0 Å². The molecule has 2 nitrogen and oxygen atoms in total. The van der Waals surface area contributed by atoms with Crippen LogP contribution in [-0.4, -0.2) is 20.0 Å². The standard InChI is InChI=1S/C7H15O2/c1-4-5-6-9-7(2)8-3/h4,7H,5-6H2,1-3H3. The van der Waals surface area contributed by atoms with Crippen LogP contribution in [0, 0.1) is 6.42 Å². The van der Waals surface area contributed by atoms with E-state index in [9.17, 15) is 0 Å². The third-order valence-corrected chi connectivity index (χ3v) is 1.09. The maximum absolute atomic E-state index is 5.18. The maximum Gasteiger partial charge on any atom is 0.154 e. The van der Waals surface area contributed by atoms with Crippen molar-refractivity contribution in [2.24, 2.45) is 0 Å². The molecule has 2 heteroatoms. The van der Waals surface area contributed by atoms with Gasteiger partial charge in [-0.15, -0.1) is 0 Å². The summed E-state index contributed by atoms with van der Waals surface area (Å²) < 4.78 is 10.0. The molecule has 1 unspecified atom stereocenters. The van der Waals surface area contributed by atoms with Gasteiger partial charge in [0.2, 0.25) is 0 Å². The van der Waals surface area contributed by atoms with E-state index in [0.717, 1.165) is 13.0 Å². The molecule has 0 aliphatic rings. The molecule has 0 rings (SSSR count). The van der Waals surface area contributed by atoms with Crippen molar-refractivity contribution in [2.75, 3.05) is 13.7 Å². The molecule has 0 fully saturated rings. The molecule has 0 aliphatic heterocycles. The van der Waals surface area contributed by atoms with Crippen LogP contribution in [0.5, 0.6) is 0 Å². The summed E-state index contributed by atoms with van der Waals surface area (Å²) in [4.78, 5) is 0. The molecule has 9 heavy (non-hydrogen) atoms. The van der Waals surface area contributed by atoms with Crippen LogP contribution >= 0.6 is 0 Å². The molecule has 1 atom stereocenters. The number of ether oxygens (including phenoxy) is 2. The molecule has 0 N–H and O–H groups in total. The Morgan fingerprint density at radius 3 is 2.67 bits per heavy atom. The van der Waals surface area contributed by atoms with Crippen molar-refractivity contribution in [3.8, 4) is 0 Å². The molecule has 0 aromatic rings. The summed E-state index contributed by atoms with van der Waals surface area (Å²) in [7, 11) is 1.64. The predicted octanol–water partition coefficient (Wildman–Crippen LogP) is 1.61. The fourth-order valence-electron chi connectivity index (χ4n) is 0.420. The highest BCUT2D eigenvalue weighted by Crippen LogP contribution is 1.93. The van der Waals surface area contributed by atoms with Gasteiger partial charge in [-0.25, -0.2) is 0 Å². The summed E-state index contributed by atoms with van der Waals surface area (Å²) in [5.41, 5.74) is 0. The lowest BCUT2D eigenvalue weighted by Crippen LogP contribution is -2.10. The molecule has 0 bridgehead atoms. The summed E-state index contributed by atoms with van der Waals surface area (Å²) in [5.74, 6) is 0. The van der Waals surface area contributed by atoms with Crippen molar-refractivity contribution in [3.63, 3.8) is 0 Å². The lowest BCUT2D eigenvalue weighted by atomic mass is 10.4. The third-order valence-electron chi connectivity index (χ3n) is 1.09. The molecule has 0 aromatic heterocycles. The molecule has 0 saturated heterocycles. The zero-order valence-electron chi connectivity index (χ0n) is 6.39. The van der Waals surface area contributed by atoms with Gasteiger partial charge < -0.3 is 9.47 Å². The maximum atomic E-state index is 5.18. The molecule has 0 aliphatic carbocycles. The Morgan fingerprint density at radius 1 is 1.56 bits per heavy atom. The van der Waals surface area contributed by atoms with Crippen LogP contribution in [-0.2, 0) is 9.47 Å².